The van der Waals surface area contributed by atoms with Gasteiger partial charge in [0.2, 0.25) is 10.0 Å². The van der Waals surface area contributed by atoms with Gasteiger partial charge in [-0.15, -0.1) is 0 Å². The van der Waals surface area contributed by atoms with Gasteiger partial charge >= 0.3 is 0 Å². The van der Waals surface area contributed by atoms with Gasteiger partial charge in [0.1, 0.15) is 0 Å². The number of nitrogens with zero attached hydrogens (tertiary/aromatic N) is 1. The Balaban J connectivity index is 2.22. The number of likely N-dealkylation sites (tertiary alicyclic amines) is 1. The third-order valence-corrected chi connectivity index (χ3v) is 5.28. The highest BCUT2D eigenvalue weighted by molar-refractivity contribution is 9.10. The topological polar surface area (TPSA) is 80.5 Å². The summed E-state index contributed by atoms with van der Waals surface area (Å²) < 4.78 is 23.4. The number of halogens is 1. The van der Waals surface area contributed by atoms with Crippen molar-refractivity contribution in [1.29, 1.82) is 0 Å². The molecule has 2 rings (SSSR count). The van der Waals surface area contributed by atoms with Crippen LogP contribution in [0.25, 0.3) is 0 Å². The van der Waals surface area contributed by atoms with Crippen molar-refractivity contribution < 1.29 is 13.2 Å². The molecule has 0 radical (unpaired) electrons. The van der Waals surface area contributed by atoms with Crippen LogP contribution >= 0.6 is 15.9 Å². The molecular formula is C14H19BrN2O3S. The van der Waals surface area contributed by atoms with Gasteiger partial charge in [-0.3, -0.25) is 4.79 Å². The fraction of sp³-hybridized carbons (Fsp3) is 0.500. The number of primary sulfonamides is 1. The van der Waals surface area contributed by atoms with E-state index >= 15 is 0 Å². The number of benzene rings is 1. The number of amides is 1. The molecule has 1 amide bonds. The number of carbonyl (C=O) groups is 1. The summed E-state index contributed by atoms with van der Waals surface area (Å²) in [5.41, 5.74) is 0.350. The Morgan fingerprint density at radius 3 is 2.48 bits per heavy atom. The van der Waals surface area contributed by atoms with Gasteiger partial charge in [0.15, 0.2) is 0 Å². The normalized spacial score (nSPS) is 17.0. The smallest absolute Gasteiger partial charge is 0.253 e. The Morgan fingerprint density at radius 2 is 1.95 bits per heavy atom. The average Bonchev–Trinajstić information content (AvgIpc) is 2.45. The van der Waals surface area contributed by atoms with E-state index in [2.05, 4.69) is 22.9 Å². The maximum absolute atomic E-state index is 12.5. The first kappa shape index (κ1) is 16.5. The zero-order chi connectivity index (χ0) is 15.6. The van der Waals surface area contributed by atoms with E-state index in [9.17, 15) is 13.2 Å². The number of sulfonamides is 1. The largest absolute Gasteiger partial charge is 0.339 e. The summed E-state index contributed by atoms with van der Waals surface area (Å²) in [5, 5.41) is 5.14. The lowest BCUT2D eigenvalue weighted by Crippen LogP contribution is -2.38. The molecule has 2 N–H and O–H groups in total. The van der Waals surface area contributed by atoms with Gasteiger partial charge in [-0.25, -0.2) is 13.6 Å². The van der Waals surface area contributed by atoms with E-state index in [1.165, 1.54) is 12.1 Å². The summed E-state index contributed by atoms with van der Waals surface area (Å²) in [7, 11) is -3.83. The number of carbonyl (C=O) groups excluding carboxylic acids is 1. The van der Waals surface area contributed by atoms with Crippen LogP contribution in [0.4, 0.5) is 0 Å². The Bertz CT molecular complexity index is 638. The number of hydrogen-bond donors (Lipinski definition) is 1. The highest BCUT2D eigenvalue weighted by atomic mass is 79.9. The summed E-state index contributed by atoms with van der Waals surface area (Å²) in [6, 6.07) is 4.37. The van der Waals surface area contributed by atoms with E-state index in [1.807, 2.05) is 0 Å². The Hall–Kier alpha value is -0.920. The van der Waals surface area contributed by atoms with Crippen LogP contribution < -0.4 is 5.14 Å². The van der Waals surface area contributed by atoms with E-state index in [0.717, 1.165) is 19.3 Å². The summed E-state index contributed by atoms with van der Waals surface area (Å²) in [6.45, 7) is 3.60. The van der Waals surface area contributed by atoms with Gasteiger partial charge in [-0.1, -0.05) is 29.3 Å². The van der Waals surface area contributed by atoms with Gasteiger partial charge in [-0.05, 0) is 37.0 Å². The van der Waals surface area contributed by atoms with Crippen LogP contribution in [0, 0.1) is 5.92 Å². The molecule has 0 bridgehead atoms. The van der Waals surface area contributed by atoms with E-state index in [4.69, 9.17) is 5.14 Å². The molecular weight excluding hydrogens is 356 g/mol. The molecule has 0 unspecified atom stereocenters. The highest BCUT2D eigenvalue weighted by Gasteiger charge is 2.24. The molecule has 21 heavy (non-hydrogen) atoms. The fourth-order valence-corrected chi connectivity index (χ4v) is 3.80. The molecule has 7 heteroatoms. The van der Waals surface area contributed by atoms with Gasteiger partial charge < -0.3 is 4.90 Å². The van der Waals surface area contributed by atoms with Crippen LogP contribution in [0.3, 0.4) is 0 Å². The van der Waals surface area contributed by atoms with Crippen LogP contribution in [0.2, 0.25) is 0 Å². The molecule has 1 aliphatic heterocycles. The van der Waals surface area contributed by atoms with Crippen molar-refractivity contribution in [2.24, 2.45) is 11.1 Å². The molecule has 1 heterocycles. The molecule has 1 aromatic carbocycles. The Labute approximate surface area is 133 Å². The average molecular weight is 375 g/mol. The summed E-state index contributed by atoms with van der Waals surface area (Å²) in [6.07, 6.45) is 3.13. The minimum absolute atomic E-state index is 0.0522. The lowest BCUT2D eigenvalue weighted by Gasteiger charge is -2.31. The molecule has 0 aromatic heterocycles. The molecule has 0 atom stereocenters. The van der Waals surface area contributed by atoms with Gasteiger partial charge in [0.05, 0.1) is 4.90 Å². The lowest BCUT2D eigenvalue weighted by atomic mass is 9.94. The second-order valence-corrected chi connectivity index (χ2v) is 7.84. The van der Waals surface area contributed by atoms with Crippen LogP contribution in [0.15, 0.2) is 27.6 Å². The van der Waals surface area contributed by atoms with E-state index in [1.54, 1.807) is 11.0 Å². The molecule has 0 aliphatic carbocycles. The highest BCUT2D eigenvalue weighted by Crippen LogP contribution is 2.24. The monoisotopic (exact) mass is 374 g/mol. The zero-order valence-corrected chi connectivity index (χ0v) is 14.3. The third-order valence-electron chi connectivity index (χ3n) is 3.93. The molecule has 0 spiro atoms. The van der Waals surface area contributed by atoms with Crippen LogP contribution in [0.1, 0.15) is 36.5 Å². The van der Waals surface area contributed by atoms with E-state index in [-0.39, 0.29) is 10.8 Å². The molecule has 1 fully saturated rings. The zero-order valence-electron chi connectivity index (χ0n) is 11.9. The van der Waals surface area contributed by atoms with Crippen molar-refractivity contribution in [1.82, 2.24) is 4.90 Å². The third kappa shape index (κ3) is 4.05. The van der Waals surface area contributed by atoms with Crippen molar-refractivity contribution >= 4 is 31.9 Å². The summed E-state index contributed by atoms with van der Waals surface area (Å²) in [5.74, 6) is 0.535. The first-order valence-electron chi connectivity index (χ1n) is 6.94. The maximum atomic E-state index is 12.5. The second kappa shape index (κ2) is 6.46. The minimum Gasteiger partial charge on any atom is -0.339 e. The molecule has 1 aromatic rings. The van der Waals surface area contributed by atoms with Crippen molar-refractivity contribution in [2.45, 2.75) is 31.1 Å². The molecule has 5 nitrogen and oxygen atoms in total. The van der Waals surface area contributed by atoms with Crippen LogP contribution in [0.5, 0.6) is 0 Å². The number of hydrogen-bond acceptors (Lipinski definition) is 3. The molecule has 0 saturated carbocycles. The Kier molecular flexibility index (Phi) is 5.06. The molecule has 1 saturated heterocycles. The second-order valence-electron chi connectivity index (χ2n) is 5.36. The first-order valence-corrected chi connectivity index (χ1v) is 9.28. The Morgan fingerprint density at radius 1 is 1.33 bits per heavy atom. The maximum Gasteiger partial charge on any atom is 0.253 e. The fourth-order valence-electron chi connectivity index (χ4n) is 2.58. The minimum atomic E-state index is -3.83. The van der Waals surface area contributed by atoms with Crippen molar-refractivity contribution in [3.63, 3.8) is 0 Å². The predicted octanol–water partition coefficient (Wildman–Crippen LogP) is 2.36. The molecule has 116 valence electrons. The first-order chi connectivity index (χ1) is 9.81. The van der Waals surface area contributed by atoms with Gasteiger partial charge in [0, 0.05) is 23.1 Å². The van der Waals surface area contributed by atoms with Crippen molar-refractivity contribution in [3.05, 3.63) is 28.2 Å². The van der Waals surface area contributed by atoms with E-state index in [0.29, 0.717) is 29.0 Å². The van der Waals surface area contributed by atoms with Crippen LogP contribution in [-0.2, 0) is 10.0 Å². The predicted molar refractivity (Wildman–Crippen MR) is 84.4 cm³/mol. The van der Waals surface area contributed by atoms with Gasteiger partial charge in [-0.2, -0.15) is 0 Å². The standard InChI is InChI=1S/C14H19BrN2O3S/c1-2-10-3-5-17(6-4-10)14(18)11-7-12(15)9-13(8-11)21(16,19)20/h7-10H,2-6H2,1H3,(H2,16,19,20). The van der Waals surface area contributed by atoms with Crippen molar-refractivity contribution in [3.8, 4) is 0 Å². The summed E-state index contributed by atoms with van der Waals surface area (Å²) >= 11 is 3.23. The lowest BCUT2D eigenvalue weighted by molar-refractivity contribution is 0.0688. The molecule has 1 aliphatic rings. The number of nitrogens with two attached hydrogens (primary N) is 1. The van der Waals surface area contributed by atoms with E-state index < -0.39 is 10.0 Å². The quantitative estimate of drug-likeness (QED) is 0.881. The number of rotatable bonds is 3. The summed E-state index contributed by atoms with van der Waals surface area (Å²) in [4.78, 5) is 14.2. The van der Waals surface area contributed by atoms with Crippen molar-refractivity contribution in [2.75, 3.05) is 13.1 Å². The SMILES string of the molecule is CCC1CCN(C(=O)c2cc(Br)cc(S(N)(=O)=O)c2)CC1. The van der Waals surface area contributed by atoms with Gasteiger partial charge in [0.25, 0.3) is 5.91 Å². The number of piperidine rings is 1. The van der Waals surface area contributed by atoms with Crippen LogP contribution in [-0.4, -0.2) is 32.3 Å².